The Hall–Kier alpha value is -0.810. The van der Waals surface area contributed by atoms with E-state index in [0.29, 0.717) is 13.0 Å². The van der Waals surface area contributed by atoms with E-state index in [1.807, 2.05) is 25.1 Å². The van der Waals surface area contributed by atoms with E-state index in [0.717, 1.165) is 15.7 Å². The monoisotopic (exact) mass is 327 g/mol. The first-order valence-electron chi connectivity index (χ1n) is 5.71. The molecule has 96 valence electrons. The van der Waals surface area contributed by atoms with Gasteiger partial charge in [-0.2, -0.15) is 0 Å². The third-order valence-electron chi connectivity index (χ3n) is 2.82. The molecular formula is C13H14BrNO2S. The molecule has 0 radical (unpaired) electrons. The predicted molar refractivity (Wildman–Crippen MR) is 77.9 cm³/mol. The number of carbonyl (C=O) groups is 2. The Morgan fingerprint density at radius 3 is 2.83 bits per heavy atom. The highest BCUT2D eigenvalue weighted by Gasteiger charge is 2.32. The Bertz CT molecular complexity index is 504. The molecule has 1 aliphatic heterocycles. The van der Waals surface area contributed by atoms with E-state index < -0.39 is 0 Å². The minimum absolute atomic E-state index is 0.0672. The lowest BCUT2D eigenvalue weighted by atomic mass is 10.2. The Morgan fingerprint density at radius 1 is 1.50 bits per heavy atom. The smallest absolute Gasteiger partial charge is 0.228 e. The number of nitrogens with zero attached hydrogens (tertiary/aromatic N) is 1. The number of carbonyl (C=O) groups excluding carboxylic acids is 2. The van der Waals surface area contributed by atoms with Crippen LogP contribution < -0.4 is 4.90 Å². The third-order valence-corrected chi connectivity index (χ3v) is 4.43. The molecule has 1 aromatic carbocycles. The number of anilines is 1. The van der Waals surface area contributed by atoms with Crippen LogP contribution in [-0.4, -0.2) is 22.8 Å². The Labute approximate surface area is 119 Å². The second-order valence-electron chi connectivity index (χ2n) is 4.39. The van der Waals surface area contributed by atoms with Gasteiger partial charge in [-0.15, -0.1) is 0 Å². The predicted octanol–water partition coefficient (Wildman–Crippen LogP) is 3.14. The molecule has 1 unspecified atom stereocenters. The van der Waals surface area contributed by atoms with Crippen molar-refractivity contribution in [1.82, 2.24) is 0 Å². The molecule has 0 aromatic heterocycles. The highest BCUT2D eigenvalue weighted by molar-refractivity contribution is 9.10. The molecule has 0 aliphatic carbocycles. The third kappa shape index (κ3) is 2.95. The molecule has 1 atom stereocenters. The number of hydrogen-bond acceptors (Lipinski definition) is 3. The fourth-order valence-corrected chi connectivity index (χ4v) is 3.68. The number of benzene rings is 1. The maximum Gasteiger partial charge on any atom is 0.228 e. The van der Waals surface area contributed by atoms with Crippen LogP contribution in [0, 0.1) is 6.92 Å². The molecule has 0 N–H and O–H groups in total. The number of thioether (sulfide) groups is 1. The molecule has 0 saturated carbocycles. The van der Waals surface area contributed by atoms with E-state index in [4.69, 9.17) is 0 Å². The molecule has 18 heavy (non-hydrogen) atoms. The summed E-state index contributed by atoms with van der Waals surface area (Å²) in [7, 11) is 0. The molecule has 1 saturated heterocycles. The summed E-state index contributed by atoms with van der Waals surface area (Å²) >= 11 is 4.74. The highest BCUT2D eigenvalue weighted by Crippen LogP contribution is 2.33. The van der Waals surface area contributed by atoms with Gasteiger partial charge in [0.25, 0.3) is 0 Å². The second-order valence-corrected chi connectivity index (χ2v) is 6.73. The van der Waals surface area contributed by atoms with Gasteiger partial charge in [0.2, 0.25) is 5.91 Å². The molecular weight excluding hydrogens is 314 g/mol. The summed E-state index contributed by atoms with van der Waals surface area (Å²) in [5, 5.41) is 0.140. The average Bonchev–Trinajstić information content (AvgIpc) is 2.58. The topological polar surface area (TPSA) is 37.4 Å². The van der Waals surface area contributed by atoms with E-state index in [-0.39, 0.29) is 16.3 Å². The van der Waals surface area contributed by atoms with Crippen molar-refractivity contribution in [2.75, 3.05) is 11.4 Å². The Morgan fingerprint density at radius 2 is 2.22 bits per heavy atom. The summed E-state index contributed by atoms with van der Waals surface area (Å²) in [6.07, 6.45) is 0.435. The van der Waals surface area contributed by atoms with Gasteiger partial charge in [-0.05, 0) is 40.5 Å². The van der Waals surface area contributed by atoms with E-state index in [1.54, 1.807) is 11.8 Å². The molecule has 2 rings (SSSR count). The van der Waals surface area contributed by atoms with Gasteiger partial charge < -0.3 is 4.90 Å². The van der Waals surface area contributed by atoms with Gasteiger partial charge in [0.1, 0.15) is 0 Å². The number of rotatable bonds is 2. The van der Waals surface area contributed by atoms with E-state index >= 15 is 0 Å². The fraction of sp³-hybridized carbons (Fsp3) is 0.385. The Kier molecular flexibility index (Phi) is 4.12. The van der Waals surface area contributed by atoms with Crippen molar-refractivity contribution in [1.29, 1.82) is 0 Å². The van der Waals surface area contributed by atoms with Crippen LogP contribution in [0.3, 0.4) is 0 Å². The minimum Gasteiger partial charge on any atom is -0.310 e. The SMILES string of the molecule is CC(=O)SC1CC(=O)N(c2ccc(C)cc2Br)C1. The van der Waals surface area contributed by atoms with Crippen LogP contribution in [0.2, 0.25) is 0 Å². The van der Waals surface area contributed by atoms with Crippen LogP contribution in [0.15, 0.2) is 22.7 Å². The van der Waals surface area contributed by atoms with Gasteiger partial charge in [0.05, 0.1) is 5.69 Å². The van der Waals surface area contributed by atoms with Crippen LogP contribution in [0.4, 0.5) is 5.69 Å². The standard InChI is InChI=1S/C13H14BrNO2S/c1-8-3-4-12(11(14)5-8)15-7-10(6-13(15)17)18-9(2)16/h3-5,10H,6-7H2,1-2H3. The molecule has 3 nitrogen and oxygen atoms in total. The molecule has 1 heterocycles. The number of halogens is 1. The van der Waals surface area contributed by atoms with Crippen LogP contribution in [0.5, 0.6) is 0 Å². The summed E-state index contributed by atoms with van der Waals surface area (Å²) in [6.45, 7) is 4.15. The molecule has 1 amide bonds. The van der Waals surface area contributed by atoms with Gasteiger partial charge >= 0.3 is 0 Å². The lowest BCUT2D eigenvalue weighted by Gasteiger charge is -2.18. The molecule has 1 aliphatic rings. The van der Waals surface area contributed by atoms with Crippen molar-refractivity contribution in [2.24, 2.45) is 0 Å². The Balaban J connectivity index is 2.19. The van der Waals surface area contributed by atoms with Crippen molar-refractivity contribution >= 4 is 44.4 Å². The number of amides is 1. The number of aryl methyl sites for hydroxylation is 1. The van der Waals surface area contributed by atoms with E-state index in [1.165, 1.54) is 11.8 Å². The normalized spacial score (nSPS) is 19.4. The van der Waals surface area contributed by atoms with Gasteiger partial charge in [-0.25, -0.2) is 0 Å². The van der Waals surface area contributed by atoms with E-state index in [2.05, 4.69) is 15.9 Å². The summed E-state index contributed by atoms with van der Waals surface area (Å²) < 4.78 is 0.921. The first-order chi connectivity index (χ1) is 8.47. The van der Waals surface area contributed by atoms with Crippen LogP contribution in [-0.2, 0) is 9.59 Å². The zero-order valence-corrected chi connectivity index (χ0v) is 12.7. The number of hydrogen-bond donors (Lipinski definition) is 0. The van der Waals surface area contributed by atoms with Crippen molar-refractivity contribution in [3.05, 3.63) is 28.2 Å². The summed E-state index contributed by atoms with van der Waals surface area (Å²) in [5.74, 6) is 0.0818. The molecule has 1 aromatic rings. The van der Waals surface area contributed by atoms with E-state index in [9.17, 15) is 9.59 Å². The summed E-state index contributed by atoms with van der Waals surface area (Å²) in [4.78, 5) is 24.8. The molecule has 5 heteroatoms. The van der Waals surface area contributed by atoms with Crippen molar-refractivity contribution in [3.8, 4) is 0 Å². The summed E-state index contributed by atoms with van der Waals surface area (Å²) in [5.41, 5.74) is 2.03. The van der Waals surface area contributed by atoms with Gasteiger partial charge in [-0.1, -0.05) is 17.8 Å². The van der Waals surface area contributed by atoms with Gasteiger partial charge in [-0.3, -0.25) is 9.59 Å². The van der Waals surface area contributed by atoms with Crippen molar-refractivity contribution in [2.45, 2.75) is 25.5 Å². The highest BCUT2D eigenvalue weighted by atomic mass is 79.9. The van der Waals surface area contributed by atoms with Gasteiger partial charge in [0, 0.05) is 29.6 Å². The first-order valence-corrected chi connectivity index (χ1v) is 7.38. The summed E-state index contributed by atoms with van der Waals surface area (Å²) in [6, 6.07) is 5.92. The maximum absolute atomic E-state index is 12.0. The quantitative estimate of drug-likeness (QED) is 0.837. The zero-order valence-electron chi connectivity index (χ0n) is 10.3. The molecule has 0 spiro atoms. The van der Waals surface area contributed by atoms with Crippen LogP contribution in [0.25, 0.3) is 0 Å². The second kappa shape index (κ2) is 5.45. The lowest BCUT2D eigenvalue weighted by molar-refractivity contribution is -0.117. The van der Waals surface area contributed by atoms with Gasteiger partial charge in [0.15, 0.2) is 5.12 Å². The van der Waals surface area contributed by atoms with Crippen molar-refractivity contribution in [3.63, 3.8) is 0 Å². The van der Waals surface area contributed by atoms with Crippen LogP contribution >= 0.6 is 27.7 Å². The maximum atomic E-state index is 12.0. The average molecular weight is 328 g/mol. The fourth-order valence-electron chi connectivity index (χ4n) is 2.05. The largest absolute Gasteiger partial charge is 0.310 e. The lowest BCUT2D eigenvalue weighted by Crippen LogP contribution is -2.25. The van der Waals surface area contributed by atoms with Crippen LogP contribution in [0.1, 0.15) is 18.9 Å². The van der Waals surface area contributed by atoms with Crippen molar-refractivity contribution < 1.29 is 9.59 Å². The zero-order chi connectivity index (χ0) is 13.3. The molecule has 0 bridgehead atoms. The minimum atomic E-state index is 0.0672. The first kappa shape index (κ1) is 13.6. The molecule has 1 fully saturated rings.